The van der Waals surface area contributed by atoms with Gasteiger partial charge in [-0.2, -0.15) is 0 Å². The second-order valence-electron chi connectivity index (χ2n) is 6.32. The average molecular weight is 385 g/mol. The van der Waals surface area contributed by atoms with Gasteiger partial charge in [0, 0.05) is 22.2 Å². The van der Waals surface area contributed by atoms with Crippen LogP contribution in [0.4, 0.5) is 5.69 Å². The van der Waals surface area contributed by atoms with E-state index in [9.17, 15) is 5.11 Å². The molecule has 4 aromatic rings. The van der Waals surface area contributed by atoms with E-state index in [2.05, 4.69) is 9.98 Å². The summed E-state index contributed by atoms with van der Waals surface area (Å²) >= 11 is 6.06. The van der Waals surface area contributed by atoms with Gasteiger partial charge in [-0.3, -0.25) is 4.99 Å². The Morgan fingerprint density at radius 2 is 1.71 bits per heavy atom. The van der Waals surface area contributed by atoms with Crippen LogP contribution in [0.1, 0.15) is 16.8 Å². The Morgan fingerprint density at radius 1 is 0.857 bits per heavy atom. The molecule has 0 saturated carbocycles. The number of nitrogens with zero attached hydrogens (tertiary/aromatic N) is 2. The Morgan fingerprint density at radius 3 is 2.61 bits per heavy atom. The maximum atomic E-state index is 9.83. The van der Waals surface area contributed by atoms with Gasteiger partial charge >= 0.3 is 0 Å². The molecular formula is C24H17ClN2O. The first-order valence-electron chi connectivity index (χ1n) is 8.84. The van der Waals surface area contributed by atoms with Crippen LogP contribution in [0.3, 0.4) is 0 Å². The highest BCUT2D eigenvalue weighted by Crippen LogP contribution is 2.20. The van der Waals surface area contributed by atoms with Gasteiger partial charge in [-0.05, 0) is 54.1 Å². The second kappa shape index (κ2) is 8.07. The van der Waals surface area contributed by atoms with Crippen LogP contribution in [-0.4, -0.2) is 16.3 Å². The number of rotatable bonds is 4. The van der Waals surface area contributed by atoms with Crippen molar-refractivity contribution in [1.82, 2.24) is 4.98 Å². The van der Waals surface area contributed by atoms with Gasteiger partial charge in [-0.25, -0.2) is 4.98 Å². The lowest BCUT2D eigenvalue weighted by atomic mass is 10.1. The molecule has 1 aromatic heterocycles. The van der Waals surface area contributed by atoms with Crippen molar-refractivity contribution in [3.05, 3.63) is 101 Å². The molecule has 0 amide bonds. The number of fused-ring (bicyclic) bond motifs is 1. The molecule has 0 saturated heterocycles. The molecule has 136 valence electrons. The fourth-order valence-corrected chi connectivity index (χ4v) is 3.00. The normalized spacial score (nSPS) is 11.6. The summed E-state index contributed by atoms with van der Waals surface area (Å²) in [6.45, 7) is 0. The molecule has 28 heavy (non-hydrogen) atoms. The lowest BCUT2D eigenvalue weighted by Gasteiger charge is -2.01. The van der Waals surface area contributed by atoms with E-state index < -0.39 is 0 Å². The Bertz CT molecular complexity index is 1200. The molecule has 0 spiro atoms. The summed E-state index contributed by atoms with van der Waals surface area (Å²) in [5, 5.41) is 11.6. The van der Waals surface area contributed by atoms with E-state index in [1.54, 1.807) is 18.3 Å². The zero-order chi connectivity index (χ0) is 19.3. The van der Waals surface area contributed by atoms with Crippen molar-refractivity contribution in [2.24, 2.45) is 4.99 Å². The average Bonchev–Trinajstić information content (AvgIpc) is 2.71. The minimum absolute atomic E-state index is 0.213. The molecule has 0 radical (unpaired) electrons. The summed E-state index contributed by atoms with van der Waals surface area (Å²) < 4.78 is 0. The number of phenols is 1. The predicted molar refractivity (Wildman–Crippen MR) is 117 cm³/mol. The van der Waals surface area contributed by atoms with Gasteiger partial charge < -0.3 is 5.11 Å². The van der Waals surface area contributed by atoms with Crippen molar-refractivity contribution in [2.45, 2.75) is 0 Å². The van der Waals surface area contributed by atoms with Gasteiger partial charge in [0.1, 0.15) is 5.75 Å². The summed E-state index contributed by atoms with van der Waals surface area (Å²) in [5.41, 5.74) is 4.24. The molecule has 3 aromatic carbocycles. The highest BCUT2D eigenvalue weighted by atomic mass is 35.5. The number of hydrogen-bond acceptors (Lipinski definition) is 3. The minimum atomic E-state index is 0.213. The largest absolute Gasteiger partial charge is 0.507 e. The third kappa shape index (κ3) is 4.27. The maximum absolute atomic E-state index is 9.83. The van der Waals surface area contributed by atoms with E-state index in [1.165, 1.54) is 0 Å². The van der Waals surface area contributed by atoms with E-state index in [0.29, 0.717) is 10.6 Å². The molecule has 1 N–H and O–H groups in total. The molecule has 3 nitrogen and oxygen atoms in total. The standard InChI is InChI=1S/C24H17ClN2O/c25-20-11-9-18-10-13-21(27-23(18)15-20)12-8-17-4-3-6-22(14-17)26-16-19-5-1-2-7-24(19)28/h1-16,28H/b12-8+,26-16?. The lowest BCUT2D eigenvalue weighted by molar-refractivity contribution is 0.474. The number of aromatic hydroxyl groups is 1. The summed E-state index contributed by atoms with van der Waals surface area (Å²) in [6, 6.07) is 24.7. The Hall–Kier alpha value is -3.43. The molecule has 0 atom stereocenters. The number of phenolic OH excluding ortho intramolecular Hbond substituents is 1. The number of pyridine rings is 1. The van der Waals surface area contributed by atoms with E-state index in [1.807, 2.05) is 78.9 Å². The molecule has 0 unspecified atom stereocenters. The van der Waals surface area contributed by atoms with Gasteiger partial charge in [-0.1, -0.05) is 54.1 Å². The van der Waals surface area contributed by atoms with Gasteiger partial charge in [0.2, 0.25) is 0 Å². The number of hydrogen-bond donors (Lipinski definition) is 1. The van der Waals surface area contributed by atoms with E-state index in [-0.39, 0.29) is 5.75 Å². The Labute approximate surface area is 168 Å². The molecule has 0 fully saturated rings. The van der Waals surface area contributed by atoms with Crippen molar-refractivity contribution in [3.8, 4) is 5.75 Å². The van der Waals surface area contributed by atoms with E-state index in [4.69, 9.17) is 11.6 Å². The summed E-state index contributed by atoms with van der Waals surface area (Å²) in [7, 11) is 0. The first kappa shape index (κ1) is 18.0. The topological polar surface area (TPSA) is 45.5 Å². The Kier molecular flexibility index (Phi) is 5.18. The zero-order valence-electron chi connectivity index (χ0n) is 15.0. The number of benzene rings is 3. The number of aliphatic imine (C=N–C) groups is 1. The molecule has 1 heterocycles. The van der Waals surface area contributed by atoms with Crippen molar-refractivity contribution in [3.63, 3.8) is 0 Å². The third-order valence-electron chi connectivity index (χ3n) is 4.28. The fraction of sp³-hybridized carbons (Fsp3) is 0. The third-order valence-corrected chi connectivity index (χ3v) is 4.52. The molecule has 0 aliphatic carbocycles. The van der Waals surface area contributed by atoms with Gasteiger partial charge in [0.05, 0.1) is 16.9 Å². The monoisotopic (exact) mass is 384 g/mol. The quantitative estimate of drug-likeness (QED) is 0.407. The van der Waals surface area contributed by atoms with Crippen LogP contribution in [0.5, 0.6) is 5.75 Å². The molecule has 0 bridgehead atoms. The summed E-state index contributed by atoms with van der Waals surface area (Å²) in [5.74, 6) is 0.213. The predicted octanol–water partition coefficient (Wildman–Crippen LogP) is 6.51. The van der Waals surface area contributed by atoms with Crippen LogP contribution < -0.4 is 0 Å². The lowest BCUT2D eigenvalue weighted by Crippen LogP contribution is -1.83. The minimum Gasteiger partial charge on any atom is -0.507 e. The second-order valence-corrected chi connectivity index (χ2v) is 6.75. The first-order chi connectivity index (χ1) is 13.7. The van der Waals surface area contributed by atoms with Crippen LogP contribution in [0, 0.1) is 0 Å². The first-order valence-corrected chi connectivity index (χ1v) is 9.22. The molecule has 4 heteroatoms. The number of aromatic nitrogens is 1. The molecular weight excluding hydrogens is 368 g/mol. The van der Waals surface area contributed by atoms with Crippen LogP contribution in [0.25, 0.3) is 23.1 Å². The van der Waals surface area contributed by atoms with E-state index >= 15 is 0 Å². The van der Waals surface area contributed by atoms with Crippen LogP contribution >= 0.6 is 11.6 Å². The summed E-state index contributed by atoms with van der Waals surface area (Å²) in [4.78, 5) is 9.09. The summed E-state index contributed by atoms with van der Waals surface area (Å²) in [6.07, 6.45) is 5.62. The zero-order valence-corrected chi connectivity index (χ0v) is 15.7. The smallest absolute Gasteiger partial charge is 0.124 e. The molecule has 4 rings (SSSR count). The highest BCUT2D eigenvalue weighted by molar-refractivity contribution is 6.31. The van der Waals surface area contributed by atoms with Gasteiger partial charge in [0.25, 0.3) is 0 Å². The maximum Gasteiger partial charge on any atom is 0.124 e. The number of para-hydroxylation sites is 1. The van der Waals surface area contributed by atoms with Gasteiger partial charge in [0.15, 0.2) is 0 Å². The van der Waals surface area contributed by atoms with Crippen LogP contribution in [0.15, 0.2) is 83.9 Å². The van der Waals surface area contributed by atoms with Crippen molar-refractivity contribution < 1.29 is 5.11 Å². The van der Waals surface area contributed by atoms with Crippen molar-refractivity contribution >= 4 is 46.6 Å². The van der Waals surface area contributed by atoms with Crippen LogP contribution in [0.2, 0.25) is 5.02 Å². The SMILES string of the molecule is Oc1ccccc1C=Nc1cccc(/C=C/c2ccc3ccc(Cl)cc3n2)c1. The van der Waals surface area contributed by atoms with Crippen LogP contribution in [-0.2, 0) is 0 Å². The highest BCUT2D eigenvalue weighted by Gasteiger charge is 1.99. The van der Waals surface area contributed by atoms with Crippen molar-refractivity contribution in [1.29, 1.82) is 0 Å². The molecule has 0 aliphatic rings. The molecule has 0 aliphatic heterocycles. The fourth-order valence-electron chi connectivity index (χ4n) is 2.83. The van der Waals surface area contributed by atoms with Crippen molar-refractivity contribution in [2.75, 3.05) is 0 Å². The Balaban J connectivity index is 1.55. The van der Waals surface area contributed by atoms with E-state index in [0.717, 1.165) is 27.8 Å². The van der Waals surface area contributed by atoms with Gasteiger partial charge in [-0.15, -0.1) is 0 Å². The number of halogens is 1.